The fraction of sp³-hybridized carbons (Fsp3) is 0.500. The first-order chi connectivity index (χ1) is 8.46. The number of aromatic nitrogens is 2. The van der Waals surface area contributed by atoms with Gasteiger partial charge >= 0.3 is 0 Å². The molecule has 1 atom stereocenters. The second-order valence-corrected chi connectivity index (χ2v) is 5.55. The number of hydrogen-bond donors (Lipinski definition) is 3. The average Bonchev–Trinajstić information content (AvgIpc) is 2.67. The van der Waals surface area contributed by atoms with E-state index in [0.29, 0.717) is 18.4 Å². The second-order valence-electron chi connectivity index (χ2n) is 5.55. The number of fused-ring (bicyclic) bond motifs is 1. The topological polar surface area (TPSA) is 60.9 Å². The molecule has 2 aromatic rings. The summed E-state index contributed by atoms with van der Waals surface area (Å²) in [4.78, 5) is 7.61. The highest BCUT2D eigenvalue weighted by Gasteiger charge is 2.21. The van der Waals surface area contributed by atoms with E-state index >= 15 is 0 Å². The standard InChI is InChI=1S/C14H21N3O/c1-10(2)8-14(3,18)9-15-13-16-11-6-4-5-7-12(11)17-13/h4-7,10,18H,8-9H2,1-3H3,(H2,15,16,17). The van der Waals surface area contributed by atoms with Crippen LogP contribution in [0.3, 0.4) is 0 Å². The molecule has 0 radical (unpaired) electrons. The summed E-state index contributed by atoms with van der Waals surface area (Å²) < 4.78 is 0. The summed E-state index contributed by atoms with van der Waals surface area (Å²) in [5.41, 5.74) is 1.22. The van der Waals surface area contributed by atoms with Crippen molar-refractivity contribution in [3.63, 3.8) is 0 Å². The van der Waals surface area contributed by atoms with Crippen LogP contribution < -0.4 is 5.32 Å². The lowest BCUT2D eigenvalue weighted by atomic mass is 9.94. The molecule has 1 aromatic heterocycles. The Bertz CT molecular complexity index is 483. The zero-order valence-electron chi connectivity index (χ0n) is 11.2. The highest BCUT2D eigenvalue weighted by Crippen LogP contribution is 2.18. The third-order valence-corrected chi connectivity index (χ3v) is 2.87. The molecule has 0 saturated carbocycles. The van der Waals surface area contributed by atoms with Crippen molar-refractivity contribution in [1.29, 1.82) is 0 Å². The number of H-pyrrole nitrogens is 1. The van der Waals surface area contributed by atoms with E-state index in [9.17, 15) is 5.11 Å². The van der Waals surface area contributed by atoms with Crippen LogP contribution in [-0.2, 0) is 0 Å². The number of nitrogens with zero attached hydrogens (tertiary/aromatic N) is 1. The van der Waals surface area contributed by atoms with Crippen molar-refractivity contribution in [1.82, 2.24) is 9.97 Å². The van der Waals surface area contributed by atoms with Gasteiger partial charge in [-0.05, 0) is 31.4 Å². The maximum atomic E-state index is 10.2. The van der Waals surface area contributed by atoms with Crippen LogP contribution in [0.5, 0.6) is 0 Å². The first-order valence-electron chi connectivity index (χ1n) is 6.37. The van der Waals surface area contributed by atoms with E-state index in [1.165, 1.54) is 0 Å². The molecule has 1 heterocycles. The molecule has 0 aliphatic heterocycles. The van der Waals surface area contributed by atoms with Gasteiger partial charge in [0.05, 0.1) is 16.6 Å². The van der Waals surface area contributed by atoms with Gasteiger partial charge in [-0.15, -0.1) is 0 Å². The van der Waals surface area contributed by atoms with Crippen LogP contribution in [0.1, 0.15) is 27.2 Å². The monoisotopic (exact) mass is 247 g/mol. The molecule has 1 aromatic carbocycles. The van der Waals surface area contributed by atoms with E-state index in [0.717, 1.165) is 17.5 Å². The van der Waals surface area contributed by atoms with Gasteiger partial charge in [-0.25, -0.2) is 4.98 Å². The number of aromatic amines is 1. The van der Waals surface area contributed by atoms with Gasteiger partial charge in [0.25, 0.3) is 0 Å². The maximum Gasteiger partial charge on any atom is 0.201 e. The Balaban J connectivity index is 2.01. The molecule has 0 amide bonds. The van der Waals surface area contributed by atoms with Crippen LogP contribution in [-0.4, -0.2) is 27.2 Å². The van der Waals surface area contributed by atoms with Gasteiger partial charge in [0.1, 0.15) is 0 Å². The number of rotatable bonds is 5. The van der Waals surface area contributed by atoms with Crippen molar-refractivity contribution in [2.45, 2.75) is 32.8 Å². The van der Waals surface area contributed by atoms with E-state index < -0.39 is 5.60 Å². The summed E-state index contributed by atoms with van der Waals surface area (Å²) in [5, 5.41) is 13.4. The van der Waals surface area contributed by atoms with Crippen molar-refractivity contribution in [3.05, 3.63) is 24.3 Å². The number of para-hydroxylation sites is 2. The van der Waals surface area contributed by atoms with Crippen molar-refractivity contribution in [2.24, 2.45) is 5.92 Å². The summed E-state index contributed by atoms with van der Waals surface area (Å²) in [6.45, 7) is 6.55. The SMILES string of the molecule is CC(C)CC(C)(O)CNc1nc2ccccc2[nH]1. The minimum Gasteiger partial charge on any atom is -0.388 e. The Morgan fingerprint density at radius 2 is 2.11 bits per heavy atom. The van der Waals surface area contributed by atoms with Crippen LogP contribution >= 0.6 is 0 Å². The van der Waals surface area contributed by atoms with E-state index in [1.807, 2.05) is 31.2 Å². The van der Waals surface area contributed by atoms with E-state index in [1.54, 1.807) is 0 Å². The summed E-state index contributed by atoms with van der Waals surface area (Å²) in [6.07, 6.45) is 0.764. The third-order valence-electron chi connectivity index (χ3n) is 2.87. The van der Waals surface area contributed by atoms with Crippen molar-refractivity contribution in [2.75, 3.05) is 11.9 Å². The fourth-order valence-electron chi connectivity index (χ4n) is 2.26. The van der Waals surface area contributed by atoms with Gasteiger partial charge in [-0.2, -0.15) is 0 Å². The van der Waals surface area contributed by atoms with Crippen LogP contribution in [0.4, 0.5) is 5.95 Å². The molecule has 98 valence electrons. The molecule has 0 aliphatic carbocycles. The Labute approximate surface area is 107 Å². The van der Waals surface area contributed by atoms with Crippen molar-refractivity contribution >= 4 is 17.0 Å². The van der Waals surface area contributed by atoms with E-state index in [-0.39, 0.29) is 0 Å². The Morgan fingerprint density at radius 3 is 2.78 bits per heavy atom. The number of imidazole rings is 1. The number of anilines is 1. The Kier molecular flexibility index (Phi) is 3.57. The molecule has 2 rings (SSSR count). The Morgan fingerprint density at radius 1 is 1.39 bits per heavy atom. The highest BCUT2D eigenvalue weighted by molar-refractivity contribution is 5.77. The van der Waals surface area contributed by atoms with Crippen molar-refractivity contribution in [3.8, 4) is 0 Å². The first kappa shape index (κ1) is 12.9. The minimum absolute atomic E-state index is 0.470. The van der Waals surface area contributed by atoms with Crippen LogP contribution in [0.15, 0.2) is 24.3 Å². The zero-order valence-corrected chi connectivity index (χ0v) is 11.2. The number of nitrogens with one attached hydrogen (secondary N) is 2. The van der Waals surface area contributed by atoms with Crippen LogP contribution in [0.2, 0.25) is 0 Å². The summed E-state index contributed by atoms with van der Waals surface area (Å²) in [5.74, 6) is 1.18. The van der Waals surface area contributed by atoms with E-state index in [4.69, 9.17) is 0 Å². The van der Waals surface area contributed by atoms with Gasteiger partial charge in [0.15, 0.2) is 0 Å². The molecular weight excluding hydrogens is 226 g/mol. The summed E-state index contributed by atoms with van der Waals surface area (Å²) in [6, 6.07) is 7.88. The number of hydrogen-bond acceptors (Lipinski definition) is 3. The molecule has 18 heavy (non-hydrogen) atoms. The maximum absolute atomic E-state index is 10.2. The van der Waals surface area contributed by atoms with Crippen LogP contribution in [0, 0.1) is 5.92 Å². The van der Waals surface area contributed by atoms with Gasteiger partial charge in [-0.1, -0.05) is 26.0 Å². The summed E-state index contributed by atoms with van der Waals surface area (Å²) in [7, 11) is 0. The second kappa shape index (κ2) is 4.98. The average molecular weight is 247 g/mol. The quantitative estimate of drug-likeness (QED) is 0.761. The van der Waals surface area contributed by atoms with Gasteiger partial charge in [0, 0.05) is 6.54 Å². The molecule has 0 spiro atoms. The highest BCUT2D eigenvalue weighted by atomic mass is 16.3. The van der Waals surface area contributed by atoms with Crippen molar-refractivity contribution < 1.29 is 5.11 Å². The third kappa shape index (κ3) is 3.23. The molecule has 0 aliphatic rings. The molecule has 1 unspecified atom stereocenters. The summed E-state index contributed by atoms with van der Waals surface area (Å²) >= 11 is 0. The Hall–Kier alpha value is -1.55. The predicted octanol–water partition coefficient (Wildman–Crippen LogP) is 2.77. The largest absolute Gasteiger partial charge is 0.388 e. The van der Waals surface area contributed by atoms with Crippen LogP contribution in [0.25, 0.3) is 11.0 Å². The molecular formula is C14H21N3O. The lowest BCUT2D eigenvalue weighted by molar-refractivity contribution is 0.0514. The minimum atomic E-state index is -0.715. The fourth-order valence-corrected chi connectivity index (χ4v) is 2.26. The molecule has 0 bridgehead atoms. The van der Waals surface area contributed by atoms with E-state index in [2.05, 4.69) is 29.1 Å². The molecule has 0 fully saturated rings. The molecule has 3 N–H and O–H groups in total. The molecule has 0 saturated heterocycles. The van der Waals surface area contributed by atoms with Gasteiger partial charge < -0.3 is 15.4 Å². The predicted molar refractivity (Wildman–Crippen MR) is 74.7 cm³/mol. The molecule has 4 heteroatoms. The smallest absolute Gasteiger partial charge is 0.201 e. The van der Waals surface area contributed by atoms with Gasteiger partial charge in [-0.3, -0.25) is 0 Å². The zero-order chi connectivity index (χ0) is 13.2. The lowest BCUT2D eigenvalue weighted by Gasteiger charge is -2.25. The lowest BCUT2D eigenvalue weighted by Crippen LogP contribution is -2.35. The normalized spacial score (nSPS) is 14.9. The number of aliphatic hydroxyl groups is 1. The first-order valence-corrected chi connectivity index (χ1v) is 6.37. The number of benzene rings is 1. The molecule has 4 nitrogen and oxygen atoms in total. The van der Waals surface area contributed by atoms with Gasteiger partial charge in [0.2, 0.25) is 5.95 Å².